The first kappa shape index (κ1) is 17.4. The van der Waals surface area contributed by atoms with Gasteiger partial charge in [0.25, 0.3) is 0 Å². The third-order valence-electron chi connectivity index (χ3n) is 3.83. The van der Waals surface area contributed by atoms with Crippen LogP contribution in [0.2, 0.25) is 0 Å². The SMILES string of the molecule is O=C(Cn1c(=O)oc2ccccc21)Nc1cnc(Oc2ccccc2F)nc1. The second kappa shape index (κ2) is 7.31. The number of hydrogen-bond acceptors (Lipinski definition) is 6. The van der Waals surface area contributed by atoms with Gasteiger partial charge < -0.3 is 14.5 Å². The molecule has 0 unspecified atom stereocenters. The number of nitrogens with zero attached hydrogens (tertiary/aromatic N) is 3. The normalized spacial score (nSPS) is 10.8. The van der Waals surface area contributed by atoms with Gasteiger partial charge in [-0.3, -0.25) is 9.36 Å². The Labute approximate surface area is 157 Å². The third-order valence-corrected chi connectivity index (χ3v) is 3.83. The van der Waals surface area contributed by atoms with Gasteiger partial charge in [-0.2, -0.15) is 0 Å². The van der Waals surface area contributed by atoms with E-state index in [4.69, 9.17) is 9.15 Å². The van der Waals surface area contributed by atoms with Gasteiger partial charge in [-0.1, -0.05) is 24.3 Å². The molecule has 8 nitrogen and oxygen atoms in total. The Kier molecular flexibility index (Phi) is 4.55. The fourth-order valence-corrected chi connectivity index (χ4v) is 2.57. The fraction of sp³-hybridized carbons (Fsp3) is 0.0526. The van der Waals surface area contributed by atoms with Gasteiger partial charge in [0, 0.05) is 0 Å². The van der Waals surface area contributed by atoms with Gasteiger partial charge in [0.15, 0.2) is 17.1 Å². The minimum Gasteiger partial charge on any atom is -0.421 e. The van der Waals surface area contributed by atoms with E-state index in [1.807, 2.05) is 0 Å². The molecular weight excluding hydrogens is 367 g/mol. The van der Waals surface area contributed by atoms with Gasteiger partial charge in [-0.05, 0) is 24.3 Å². The summed E-state index contributed by atoms with van der Waals surface area (Å²) in [7, 11) is 0. The monoisotopic (exact) mass is 380 g/mol. The first-order chi connectivity index (χ1) is 13.6. The molecule has 0 aliphatic carbocycles. The Morgan fingerprint density at radius 1 is 1.11 bits per heavy atom. The number of hydrogen-bond donors (Lipinski definition) is 1. The molecule has 0 aliphatic rings. The van der Waals surface area contributed by atoms with E-state index in [2.05, 4.69) is 15.3 Å². The summed E-state index contributed by atoms with van der Waals surface area (Å²) in [5.41, 5.74) is 1.22. The number of ether oxygens (including phenoxy) is 1. The maximum atomic E-state index is 13.6. The number of amides is 1. The number of fused-ring (bicyclic) bond motifs is 1. The summed E-state index contributed by atoms with van der Waals surface area (Å²) in [5, 5.41) is 2.58. The van der Waals surface area contributed by atoms with Crippen LogP contribution in [0.5, 0.6) is 11.8 Å². The van der Waals surface area contributed by atoms with Gasteiger partial charge >= 0.3 is 11.8 Å². The second-order valence-electron chi connectivity index (χ2n) is 5.76. The maximum absolute atomic E-state index is 13.6. The Bertz CT molecular complexity index is 1200. The molecule has 4 rings (SSSR count). The van der Waals surface area contributed by atoms with Crippen molar-refractivity contribution >= 4 is 22.7 Å². The molecule has 0 bridgehead atoms. The molecule has 0 saturated heterocycles. The van der Waals surface area contributed by atoms with Gasteiger partial charge in [0.05, 0.1) is 23.6 Å². The predicted molar refractivity (Wildman–Crippen MR) is 97.6 cm³/mol. The van der Waals surface area contributed by atoms with Crippen molar-refractivity contribution in [1.82, 2.24) is 14.5 Å². The van der Waals surface area contributed by atoms with Crippen LogP contribution in [0.15, 0.2) is 70.1 Å². The molecule has 9 heteroatoms. The lowest BCUT2D eigenvalue weighted by atomic mass is 10.3. The summed E-state index contributed by atoms with van der Waals surface area (Å²) in [6, 6.07) is 12.6. The average Bonchev–Trinajstić information content (AvgIpc) is 3.00. The van der Waals surface area contributed by atoms with Crippen LogP contribution < -0.4 is 15.8 Å². The molecule has 0 spiro atoms. The molecule has 0 aliphatic heterocycles. The van der Waals surface area contributed by atoms with Gasteiger partial charge in [0.2, 0.25) is 5.91 Å². The minimum atomic E-state index is -0.624. The second-order valence-corrected chi connectivity index (χ2v) is 5.76. The van der Waals surface area contributed by atoms with Crippen molar-refractivity contribution in [2.75, 3.05) is 5.32 Å². The van der Waals surface area contributed by atoms with Crippen LogP contribution in [0, 0.1) is 5.82 Å². The number of carbonyl (C=O) groups is 1. The molecule has 0 fully saturated rings. The van der Waals surface area contributed by atoms with E-state index < -0.39 is 17.5 Å². The highest BCUT2D eigenvalue weighted by atomic mass is 19.1. The molecule has 2 aromatic carbocycles. The third kappa shape index (κ3) is 3.58. The summed E-state index contributed by atoms with van der Waals surface area (Å²) in [6.07, 6.45) is 2.63. The maximum Gasteiger partial charge on any atom is 0.420 e. The van der Waals surface area contributed by atoms with Crippen LogP contribution in [0.4, 0.5) is 10.1 Å². The Morgan fingerprint density at radius 2 is 1.82 bits per heavy atom. The average molecular weight is 380 g/mol. The molecule has 0 radical (unpaired) electrons. The highest BCUT2D eigenvalue weighted by molar-refractivity contribution is 5.91. The predicted octanol–water partition coefficient (Wildman–Crippen LogP) is 2.95. The number of benzene rings is 2. The lowest BCUT2D eigenvalue weighted by Gasteiger charge is -2.07. The van der Waals surface area contributed by atoms with E-state index in [0.29, 0.717) is 16.8 Å². The van der Waals surface area contributed by atoms with Crippen LogP contribution in [0.3, 0.4) is 0 Å². The lowest BCUT2D eigenvalue weighted by Crippen LogP contribution is -2.24. The number of halogens is 1. The molecule has 2 heterocycles. The Morgan fingerprint density at radius 3 is 2.61 bits per heavy atom. The van der Waals surface area contributed by atoms with Gasteiger partial charge in [-0.25, -0.2) is 19.2 Å². The largest absolute Gasteiger partial charge is 0.421 e. The molecular formula is C19H13FN4O4. The summed E-state index contributed by atoms with van der Waals surface area (Å²) in [5.74, 6) is -1.63. The first-order valence-corrected chi connectivity index (χ1v) is 8.23. The lowest BCUT2D eigenvalue weighted by molar-refractivity contribution is -0.116. The van der Waals surface area contributed by atoms with Crippen LogP contribution in [0.1, 0.15) is 0 Å². The molecule has 1 N–H and O–H groups in total. The van der Waals surface area contributed by atoms with Crippen molar-refractivity contribution < 1.29 is 18.3 Å². The van der Waals surface area contributed by atoms with Crippen LogP contribution in [0.25, 0.3) is 11.1 Å². The van der Waals surface area contributed by atoms with Crippen molar-refractivity contribution in [3.63, 3.8) is 0 Å². The highest BCUT2D eigenvalue weighted by Crippen LogP contribution is 2.21. The van der Waals surface area contributed by atoms with Crippen LogP contribution >= 0.6 is 0 Å². The van der Waals surface area contributed by atoms with E-state index in [-0.39, 0.29) is 18.3 Å². The van der Waals surface area contributed by atoms with E-state index >= 15 is 0 Å². The molecule has 28 heavy (non-hydrogen) atoms. The quantitative estimate of drug-likeness (QED) is 0.571. The standard InChI is InChI=1S/C19H13FN4O4/c20-13-5-1-3-7-15(13)27-18-21-9-12(10-22-18)23-17(25)11-24-14-6-2-4-8-16(14)28-19(24)26/h1-10H,11H2,(H,23,25). The summed E-state index contributed by atoms with van der Waals surface area (Å²) >= 11 is 0. The number of anilines is 1. The molecule has 140 valence electrons. The molecule has 4 aromatic rings. The summed E-state index contributed by atoms with van der Waals surface area (Å²) in [4.78, 5) is 32.0. The van der Waals surface area contributed by atoms with Crippen LogP contribution in [-0.4, -0.2) is 20.4 Å². The number of oxazole rings is 1. The minimum absolute atomic E-state index is 0.00880. The Balaban J connectivity index is 1.44. The number of para-hydroxylation sites is 3. The van der Waals surface area contributed by atoms with E-state index in [0.717, 1.165) is 0 Å². The fourth-order valence-electron chi connectivity index (χ4n) is 2.57. The zero-order valence-electron chi connectivity index (χ0n) is 14.3. The van der Waals surface area contributed by atoms with Crippen molar-refractivity contribution in [2.45, 2.75) is 6.54 Å². The van der Waals surface area contributed by atoms with E-state index in [9.17, 15) is 14.0 Å². The Hall–Kier alpha value is -4.01. The molecule has 1 amide bonds. The number of nitrogens with one attached hydrogen (secondary N) is 1. The number of rotatable bonds is 5. The zero-order valence-corrected chi connectivity index (χ0v) is 14.3. The van der Waals surface area contributed by atoms with E-state index in [1.54, 1.807) is 30.3 Å². The topological polar surface area (TPSA) is 99.2 Å². The van der Waals surface area contributed by atoms with Gasteiger partial charge in [0.1, 0.15) is 6.54 Å². The van der Waals surface area contributed by atoms with Gasteiger partial charge in [-0.15, -0.1) is 0 Å². The zero-order chi connectivity index (χ0) is 19.5. The number of carbonyl (C=O) groups excluding carboxylic acids is 1. The summed E-state index contributed by atoms with van der Waals surface area (Å²) < 4.78 is 25.1. The van der Waals surface area contributed by atoms with Crippen molar-refractivity contribution in [3.05, 3.63) is 77.3 Å². The van der Waals surface area contributed by atoms with Crippen molar-refractivity contribution in [2.24, 2.45) is 0 Å². The number of aromatic nitrogens is 3. The first-order valence-electron chi connectivity index (χ1n) is 8.23. The summed E-state index contributed by atoms with van der Waals surface area (Å²) in [6.45, 7) is -0.233. The van der Waals surface area contributed by atoms with Crippen LogP contribution in [-0.2, 0) is 11.3 Å². The molecule has 0 saturated carbocycles. The van der Waals surface area contributed by atoms with Crippen molar-refractivity contribution in [3.8, 4) is 11.8 Å². The van der Waals surface area contributed by atoms with Crippen molar-refractivity contribution in [1.29, 1.82) is 0 Å². The smallest absolute Gasteiger partial charge is 0.420 e. The molecule has 0 atom stereocenters. The van der Waals surface area contributed by atoms with E-state index in [1.165, 1.54) is 35.2 Å². The molecule has 2 aromatic heterocycles. The highest BCUT2D eigenvalue weighted by Gasteiger charge is 2.13.